The molecule has 0 aliphatic rings. The van der Waals surface area contributed by atoms with E-state index in [0.29, 0.717) is 22.0 Å². The third kappa shape index (κ3) is 2.31. The maximum atomic E-state index is 11.0. The van der Waals surface area contributed by atoms with E-state index in [1.807, 2.05) is 20.8 Å². The van der Waals surface area contributed by atoms with Crippen LogP contribution in [0.1, 0.15) is 26.6 Å². The van der Waals surface area contributed by atoms with E-state index in [2.05, 4.69) is 9.97 Å². The van der Waals surface area contributed by atoms with Crippen LogP contribution in [0.5, 0.6) is 0 Å². The van der Waals surface area contributed by atoms with Gasteiger partial charge in [0.2, 0.25) is 0 Å². The highest BCUT2D eigenvalue weighted by Crippen LogP contribution is 2.26. The van der Waals surface area contributed by atoms with Crippen molar-refractivity contribution in [2.24, 2.45) is 0 Å². The lowest BCUT2D eigenvalue weighted by atomic mass is 9.96. The van der Waals surface area contributed by atoms with Crippen LogP contribution in [0.25, 0.3) is 11.2 Å². The summed E-state index contributed by atoms with van der Waals surface area (Å²) in [5.74, 6) is -0.230. The van der Waals surface area contributed by atoms with Crippen molar-refractivity contribution in [2.75, 3.05) is 0 Å². The van der Waals surface area contributed by atoms with E-state index in [1.165, 1.54) is 6.20 Å². The minimum absolute atomic E-state index is 0.155. The van der Waals surface area contributed by atoms with Gasteiger partial charge in [0.05, 0.1) is 5.02 Å². The SMILES string of the molecule is CC(C)(C)c1nc2cc(Cl)cnc2n1CC(=O)O. The molecule has 2 rings (SSSR count). The van der Waals surface area contributed by atoms with Gasteiger partial charge in [-0.25, -0.2) is 9.97 Å². The Bertz CT molecular complexity index is 614. The van der Waals surface area contributed by atoms with Gasteiger partial charge in [0.15, 0.2) is 5.65 Å². The van der Waals surface area contributed by atoms with Crippen molar-refractivity contribution in [2.45, 2.75) is 32.7 Å². The zero-order valence-electron chi connectivity index (χ0n) is 10.4. The lowest BCUT2D eigenvalue weighted by Crippen LogP contribution is -2.21. The third-order valence-corrected chi connectivity index (χ3v) is 2.72. The van der Waals surface area contributed by atoms with Gasteiger partial charge < -0.3 is 9.67 Å². The average Bonchev–Trinajstić information content (AvgIpc) is 2.55. The molecule has 0 aliphatic carbocycles. The Labute approximate surface area is 109 Å². The monoisotopic (exact) mass is 267 g/mol. The first kappa shape index (κ1) is 12.8. The fourth-order valence-corrected chi connectivity index (χ4v) is 2.00. The number of hydrogen-bond donors (Lipinski definition) is 1. The predicted molar refractivity (Wildman–Crippen MR) is 68.9 cm³/mol. The quantitative estimate of drug-likeness (QED) is 0.908. The van der Waals surface area contributed by atoms with Crippen LogP contribution in [0.4, 0.5) is 0 Å². The molecular weight excluding hydrogens is 254 g/mol. The Morgan fingerprint density at radius 1 is 1.50 bits per heavy atom. The topological polar surface area (TPSA) is 68.0 Å². The van der Waals surface area contributed by atoms with Crippen LogP contribution in [0.15, 0.2) is 12.3 Å². The summed E-state index contributed by atoms with van der Waals surface area (Å²) in [7, 11) is 0. The predicted octanol–water partition coefficient (Wildman–Crippen LogP) is 2.47. The van der Waals surface area contributed by atoms with Crippen molar-refractivity contribution in [1.82, 2.24) is 14.5 Å². The van der Waals surface area contributed by atoms with Gasteiger partial charge >= 0.3 is 5.97 Å². The number of carboxylic acids is 1. The molecule has 2 aromatic heterocycles. The van der Waals surface area contributed by atoms with Crippen molar-refractivity contribution >= 4 is 28.7 Å². The van der Waals surface area contributed by atoms with Crippen molar-refractivity contribution in [3.05, 3.63) is 23.1 Å². The number of hydrogen-bond acceptors (Lipinski definition) is 3. The first-order chi connectivity index (χ1) is 8.29. The highest BCUT2D eigenvalue weighted by Gasteiger charge is 2.24. The van der Waals surface area contributed by atoms with Crippen molar-refractivity contribution in [3.63, 3.8) is 0 Å². The molecule has 96 valence electrons. The van der Waals surface area contributed by atoms with E-state index in [9.17, 15) is 4.79 Å². The Morgan fingerprint density at radius 2 is 2.17 bits per heavy atom. The molecule has 0 radical (unpaired) electrons. The number of nitrogens with zero attached hydrogens (tertiary/aromatic N) is 3. The van der Waals surface area contributed by atoms with E-state index in [-0.39, 0.29) is 12.0 Å². The van der Waals surface area contributed by atoms with Gasteiger partial charge in [-0.05, 0) is 6.07 Å². The number of aliphatic carboxylic acids is 1. The molecule has 1 N–H and O–H groups in total. The third-order valence-electron chi connectivity index (χ3n) is 2.52. The number of aromatic nitrogens is 3. The molecule has 0 saturated heterocycles. The Hall–Kier alpha value is -1.62. The molecule has 5 nitrogen and oxygen atoms in total. The van der Waals surface area contributed by atoms with Crippen LogP contribution < -0.4 is 0 Å². The second kappa shape index (κ2) is 4.24. The summed E-state index contributed by atoms with van der Waals surface area (Å²) in [5.41, 5.74) is 0.906. The summed E-state index contributed by atoms with van der Waals surface area (Å²) in [5, 5.41) is 9.48. The highest BCUT2D eigenvalue weighted by molar-refractivity contribution is 6.31. The van der Waals surface area contributed by atoms with Gasteiger partial charge in [0.1, 0.15) is 17.9 Å². The minimum atomic E-state index is -0.920. The van der Waals surface area contributed by atoms with Gasteiger partial charge in [-0.15, -0.1) is 0 Å². The Morgan fingerprint density at radius 3 is 2.72 bits per heavy atom. The van der Waals surface area contributed by atoms with E-state index < -0.39 is 5.97 Å². The maximum absolute atomic E-state index is 11.0. The lowest BCUT2D eigenvalue weighted by Gasteiger charge is -2.18. The van der Waals surface area contributed by atoms with Crippen LogP contribution in [-0.4, -0.2) is 25.6 Å². The standard InChI is InChI=1S/C12H14ClN3O2/c1-12(2,3)11-15-8-4-7(13)5-14-10(8)16(11)6-9(17)18/h4-5H,6H2,1-3H3,(H,17,18). The zero-order valence-corrected chi connectivity index (χ0v) is 11.2. The number of rotatable bonds is 2. The molecule has 0 atom stereocenters. The molecule has 2 aromatic rings. The van der Waals surface area contributed by atoms with Gasteiger partial charge in [-0.1, -0.05) is 32.4 Å². The molecule has 0 amide bonds. The molecule has 0 spiro atoms. The van der Waals surface area contributed by atoms with Crippen LogP contribution >= 0.6 is 11.6 Å². The molecule has 0 unspecified atom stereocenters. The van der Waals surface area contributed by atoms with E-state index in [0.717, 1.165) is 0 Å². The number of pyridine rings is 1. The number of fused-ring (bicyclic) bond motifs is 1. The average molecular weight is 268 g/mol. The molecule has 0 fully saturated rings. The van der Waals surface area contributed by atoms with Gasteiger partial charge in [-0.3, -0.25) is 4.79 Å². The fraction of sp³-hybridized carbons (Fsp3) is 0.417. The highest BCUT2D eigenvalue weighted by atomic mass is 35.5. The number of imidazole rings is 1. The second-order valence-electron chi connectivity index (χ2n) is 5.16. The molecule has 0 aliphatic heterocycles. The maximum Gasteiger partial charge on any atom is 0.323 e. The van der Waals surface area contributed by atoms with Crippen molar-refractivity contribution in [3.8, 4) is 0 Å². The second-order valence-corrected chi connectivity index (χ2v) is 5.60. The summed E-state index contributed by atoms with van der Waals surface area (Å²) in [4.78, 5) is 19.6. The zero-order chi connectivity index (χ0) is 13.5. The molecule has 0 saturated carbocycles. The first-order valence-electron chi connectivity index (χ1n) is 5.53. The minimum Gasteiger partial charge on any atom is -0.480 e. The van der Waals surface area contributed by atoms with Crippen LogP contribution in [0, 0.1) is 0 Å². The number of carboxylic acid groups (broad SMARTS) is 1. The van der Waals surface area contributed by atoms with Crippen molar-refractivity contribution in [1.29, 1.82) is 0 Å². The van der Waals surface area contributed by atoms with Crippen LogP contribution in [-0.2, 0) is 16.8 Å². The van der Waals surface area contributed by atoms with Crippen molar-refractivity contribution < 1.29 is 9.90 Å². The Balaban J connectivity index is 2.72. The molecule has 0 bridgehead atoms. The summed E-state index contributed by atoms with van der Waals surface area (Å²) in [6, 6.07) is 1.69. The van der Waals surface area contributed by atoms with Crippen LogP contribution in [0.2, 0.25) is 5.02 Å². The van der Waals surface area contributed by atoms with E-state index in [4.69, 9.17) is 16.7 Å². The summed E-state index contributed by atoms with van der Waals surface area (Å²) >= 11 is 5.87. The van der Waals surface area contributed by atoms with Crippen LogP contribution in [0.3, 0.4) is 0 Å². The molecule has 18 heavy (non-hydrogen) atoms. The number of carbonyl (C=O) groups is 1. The Kier molecular flexibility index (Phi) is 3.02. The summed E-state index contributed by atoms with van der Waals surface area (Å²) in [6.45, 7) is 5.79. The molecule has 2 heterocycles. The van der Waals surface area contributed by atoms with E-state index in [1.54, 1.807) is 10.6 Å². The molecular formula is C12H14ClN3O2. The lowest BCUT2D eigenvalue weighted by molar-refractivity contribution is -0.137. The van der Waals surface area contributed by atoms with E-state index >= 15 is 0 Å². The van der Waals surface area contributed by atoms with Gasteiger partial charge in [0, 0.05) is 11.6 Å². The van der Waals surface area contributed by atoms with Gasteiger partial charge in [-0.2, -0.15) is 0 Å². The van der Waals surface area contributed by atoms with Gasteiger partial charge in [0.25, 0.3) is 0 Å². The summed E-state index contributed by atoms with van der Waals surface area (Å²) in [6.07, 6.45) is 1.50. The fourth-order valence-electron chi connectivity index (χ4n) is 1.84. The normalized spacial score (nSPS) is 12.0. The first-order valence-corrected chi connectivity index (χ1v) is 5.91. The molecule has 0 aromatic carbocycles. The summed E-state index contributed by atoms with van der Waals surface area (Å²) < 4.78 is 1.62. The largest absolute Gasteiger partial charge is 0.480 e. The molecule has 6 heteroatoms. The smallest absolute Gasteiger partial charge is 0.323 e. The number of halogens is 1.